The SMILES string of the molecule is Cc1ccccc1-c1csc(N2CCN(S(=O)(=O)C3C=CC=CC3(C)Cl)CC2)n1. The number of aryl methyl sites for hydroxylation is 1. The van der Waals surface area contributed by atoms with Crippen molar-refractivity contribution in [2.75, 3.05) is 31.1 Å². The highest BCUT2D eigenvalue weighted by molar-refractivity contribution is 7.90. The molecule has 29 heavy (non-hydrogen) atoms. The van der Waals surface area contributed by atoms with E-state index in [1.807, 2.05) is 12.1 Å². The zero-order valence-electron chi connectivity index (χ0n) is 16.5. The Morgan fingerprint density at radius 1 is 1.17 bits per heavy atom. The summed E-state index contributed by atoms with van der Waals surface area (Å²) < 4.78 is 27.9. The van der Waals surface area contributed by atoms with Gasteiger partial charge in [0.2, 0.25) is 10.0 Å². The molecule has 2 atom stereocenters. The second-order valence-corrected chi connectivity index (χ2v) is 11.3. The number of halogens is 1. The molecule has 5 nitrogen and oxygen atoms in total. The summed E-state index contributed by atoms with van der Waals surface area (Å²) in [6.07, 6.45) is 6.98. The standard InChI is InChI=1S/C21H24ClN3O2S2/c1-16-7-3-4-8-17(16)18-15-28-20(23-18)24-11-13-25(14-12-24)29(26,27)19-9-5-6-10-21(19,2)22/h3-10,15,19H,11-14H2,1-2H3. The third-order valence-corrected chi connectivity index (χ3v) is 9.24. The lowest BCUT2D eigenvalue weighted by Crippen LogP contribution is -2.54. The quantitative estimate of drug-likeness (QED) is 0.660. The van der Waals surface area contributed by atoms with Crippen LogP contribution in [0.2, 0.25) is 0 Å². The summed E-state index contributed by atoms with van der Waals surface area (Å²) in [5, 5.41) is 2.25. The fourth-order valence-electron chi connectivity index (χ4n) is 3.77. The smallest absolute Gasteiger partial charge is 0.222 e. The van der Waals surface area contributed by atoms with Gasteiger partial charge in [0.25, 0.3) is 0 Å². The Hall–Kier alpha value is -1.67. The largest absolute Gasteiger partial charge is 0.345 e. The van der Waals surface area contributed by atoms with Crippen molar-refractivity contribution in [3.63, 3.8) is 0 Å². The third-order valence-electron chi connectivity index (χ3n) is 5.48. The van der Waals surface area contributed by atoms with Crippen LogP contribution in [0.25, 0.3) is 11.3 Å². The number of alkyl halides is 1. The topological polar surface area (TPSA) is 53.5 Å². The van der Waals surface area contributed by atoms with Crippen molar-refractivity contribution in [3.05, 3.63) is 59.5 Å². The maximum atomic E-state index is 13.2. The predicted octanol–water partition coefficient (Wildman–Crippen LogP) is 4.06. The number of hydrogen-bond donors (Lipinski definition) is 0. The summed E-state index contributed by atoms with van der Waals surface area (Å²) in [6.45, 7) is 5.93. The molecule has 0 spiro atoms. The lowest BCUT2D eigenvalue weighted by Gasteiger charge is -2.38. The maximum absolute atomic E-state index is 13.2. The molecule has 0 bridgehead atoms. The first kappa shape index (κ1) is 20.6. The maximum Gasteiger partial charge on any atom is 0.222 e. The van der Waals surface area contributed by atoms with Gasteiger partial charge in [-0.15, -0.1) is 22.9 Å². The Balaban J connectivity index is 1.46. The Bertz CT molecular complexity index is 1050. The second kappa shape index (κ2) is 7.87. The van der Waals surface area contributed by atoms with Crippen molar-refractivity contribution in [2.24, 2.45) is 0 Å². The molecule has 0 radical (unpaired) electrons. The summed E-state index contributed by atoms with van der Waals surface area (Å²) in [5.74, 6) is 0. The van der Waals surface area contributed by atoms with E-state index in [0.29, 0.717) is 26.2 Å². The summed E-state index contributed by atoms with van der Waals surface area (Å²) in [7, 11) is -3.52. The van der Waals surface area contributed by atoms with Gasteiger partial charge in [-0.2, -0.15) is 4.31 Å². The van der Waals surface area contributed by atoms with Gasteiger partial charge < -0.3 is 4.90 Å². The number of anilines is 1. The van der Waals surface area contributed by atoms with Crippen LogP contribution >= 0.6 is 22.9 Å². The van der Waals surface area contributed by atoms with Gasteiger partial charge >= 0.3 is 0 Å². The minimum absolute atomic E-state index is 0.433. The number of hydrogen-bond acceptors (Lipinski definition) is 5. The van der Waals surface area contributed by atoms with Gasteiger partial charge in [0.15, 0.2) is 5.13 Å². The highest BCUT2D eigenvalue weighted by atomic mass is 35.5. The zero-order chi connectivity index (χ0) is 20.6. The molecule has 1 aromatic carbocycles. The van der Waals surface area contributed by atoms with Crippen molar-refractivity contribution < 1.29 is 8.42 Å². The van der Waals surface area contributed by atoms with Gasteiger partial charge in [0.05, 0.1) is 10.6 Å². The molecule has 0 N–H and O–H groups in total. The summed E-state index contributed by atoms with van der Waals surface area (Å²) in [5.41, 5.74) is 3.30. The van der Waals surface area contributed by atoms with Crippen molar-refractivity contribution in [1.82, 2.24) is 9.29 Å². The van der Waals surface area contributed by atoms with Crippen LogP contribution in [0.5, 0.6) is 0 Å². The van der Waals surface area contributed by atoms with E-state index in [1.165, 1.54) is 5.56 Å². The normalized spacial score (nSPS) is 25.5. The van der Waals surface area contributed by atoms with E-state index in [0.717, 1.165) is 16.4 Å². The molecule has 1 saturated heterocycles. The van der Waals surface area contributed by atoms with Crippen molar-refractivity contribution >= 4 is 38.1 Å². The molecule has 8 heteroatoms. The number of benzene rings is 1. The Kier molecular flexibility index (Phi) is 5.59. The average Bonchev–Trinajstić information content (AvgIpc) is 3.18. The van der Waals surface area contributed by atoms with Crippen LogP contribution < -0.4 is 4.90 Å². The van der Waals surface area contributed by atoms with Crippen LogP contribution in [0.15, 0.2) is 53.9 Å². The van der Waals surface area contributed by atoms with Gasteiger partial charge in [-0.1, -0.05) is 48.6 Å². The first-order valence-electron chi connectivity index (χ1n) is 9.59. The van der Waals surface area contributed by atoms with Gasteiger partial charge in [0, 0.05) is 37.1 Å². The number of piperazine rings is 1. The fraction of sp³-hybridized carbons (Fsp3) is 0.381. The Labute approximate surface area is 181 Å². The average molecular weight is 450 g/mol. The molecule has 2 heterocycles. The molecular weight excluding hydrogens is 426 g/mol. The molecule has 0 amide bonds. The van der Waals surface area contributed by atoms with E-state index in [1.54, 1.807) is 46.9 Å². The molecule has 1 fully saturated rings. The summed E-state index contributed by atoms with van der Waals surface area (Å²) >= 11 is 8.08. The van der Waals surface area contributed by atoms with E-state index in [-0.39, 0.29) is 0 Å². The van der Waals surface area contributed by atoms with E-state index in [9.17, 15) is 8.42 Å². The van der Waals surface area contributed by atoms with E-state index in [2.05, 4.69) is 29.3 Å². The molecule has 1 aliphatic carbocycles. The molecular formula is C21H24ClN3O2S2. The lowest BCUT2D eigenvalue weighted by atomic mass is 10.0. The van der Waals surface area contributed by atoms with Gasteiger partial charge in [-0.05, 0) is 19.4 Å². The number of thiazole rings is 1. The summed E-state index contributed by atoms with van der Waals surface area (Å²) in [6, 6.07) is 8.20. The predicted molar refractivity (Wildman–Crippen MR) is 121 cm³/mol. The van der Waals surface area contributed by atoms with Gasteiger partial charge in [0.1, 0.15) is 5.25 Å². The fourth-order valence-corrected chi connectivity index (χ4v) is 7.08. The van der Waals surface area contributed by atoms with Gasteiger partial charge in [-0.3, -0.25) is 0 Å². The zero-order valence-corrected chi connectivity index (χ0v) is 18.8. The van der Waals surface area contributed by atoms with Crippen LogP contribution in [0.1, 0.15) is 12.5 Å². The molecule has 1 aliphatic heterocycles. The first-order chi connectivity index (χ1) is 13.8. The number of nitrogens with zero attached hydrogens (tertiary/aromatic N) is 3. The number of allylic oxidation sites excluding steroid dienone is 3. The molecule has 2 aliphatic rings. The van der Waals surface area contributed by atoms with Crippen LogP contribution in [-0.2, 0) is 10.0 Å². The number of sulfonamides is 1. The van der Waals surface area contributed by atoms with E-state index < -0.39 is 20.1 Å². The Morgan fingerprint density at radius 3 is 2.59 bits per heavy atom. The van der Waals surface area contributed by atoms with Crippen molar-refractivity contribution in [1.29, 1.82) is 0 Å². The first-order valence-corrected chi connectivity index (χ1v) is 12.4. The van der Waals surface area contributed by atoms with E-state index >= 15 is 0 Å². The third kappa shape index (κ3) is 4.01. The van der Waals surface area contributed by atoms with Crippen LogP contribution in [0, 0.1) is 6.92 Å². The number of aromatic nitrogens is 1. The van der Waals surface area contributed by atoms with Crippen LogP contribution in [0.4, 0.5) is 5.13 Å². The van der Waals surface area contributed by atoms with Crippen LogP contribution in [0.3, 0.4) is 0 Å². The molecule has 2 aromatic rings. The minimum Gasteiger partial charge on any atom is -0.345 e. The second-order valence-electron chi connectivity index (χ2n) is 7.58. The lowest BCUT2D eigenvalue weighted by molar-refractivity contribution is 0.379. The number of rotatable bonds is 4. The highest BCUT2D eigenvalue weighted by Crippen LogP contribution is 2.34. The van der Waals surface area contributed by atoms with Crippen LogP contribution in [-0.4, -0.2) is 54.0 Å². The highest BCUT2D eigenvalue weighted by Gasteiger charge is 2.43. The Morgan fingerprint density at radius 2 is 1.90 bits per heavy atom. The molecule has 1 aromatic heterocycles. The molecule has 2 unspecified atom stereocenters. The molecule has 0 saturated carbocycles. The molecule has 4 rings (SSSR count). The van der Waals surface area contributed by atoms with Crippen molar-refractivity contribution in [2.45, 2.75) is 24.0 Å². The van der Waals surface area contributed by atoms with Crippen molar-refractivity contribution in [3.8, 4) is 11.3 Å². The molecule has 154 valence electrons. The van der Waals surface area contributed by atoms with Gasteiger partial charge in [-0.25, -0.2) is 13.4 Å². The summed E-state index contributed by atoms with van der Waals surface area (Å²) in [4.78, 5) is 6.03. The van der Waals surface area contributed by atoms with E-state index in [4.69, 9.17) is 16.6 Å². The minimum atomic E-state index is -3.52. The monoisotopic (exact) mass is 449 g/mol.